The molecule has 2 rings (SSSR count). The van der Waals surface area contributed by atoms with Crippen LogP contribution in [0.3, 0.4) is 0 Å². The topological polar surface area (TPSA) is 80.3 Å². The number of benzene rings is 1. The van der Waals surface area contributed by atoms with E-state index in [0.717, 1.165) is 11.1 Å². The Balaban J connectivity index is 2.20. The third-order valence-corrected chi connectivity index (χ3v) is 4.87. The van der Waals surface area contributed by atoms with E-state index in [0.29, 0.717) is 22.6 Å². The number of carbonyl (C=O) groups excluding carboxylic acids is 2. The fraction of sp³-hybridized carbons (Fsp3) is 0.385. The summed E-state index contributed by atoms with van der Waals surface area (Å²) in [5.74, 6) is 0.226. The molecule has 1 aliphatic heterocycles. The number of methoxy groups -OCH3 is 2. The summed E-state index contributed by atoms with van der Waals surface area (Å²) in [5, 5.41) is 0. The lowest BCUT2D eigenvalue weighted by molar-refractivity contribution is -0.155. The van der Waals surface area contributed by atoms with E-state index < -0.39 is 23.6 Å². The molecule has 7 nitrogen and oxygen atoms in total. The molecule has 0 aliphatic carbocycles. The number of fused-ring (bicyclic) bond motifs is 1. The maximum absolute atomic E-state index is 12.1. The standard InChI is InChI=1S/C26H32O7/c1-17(2)13-24(27)32-23-16-31-21-12-11-19(14-22(21)33-26(23,4)5)10-8-9-18(3)20(15-29-6)25(28)30-7/h8-15,23H,16H2,1-7H3/b10-8+,18-9-,20-15+/t23-/m1/s1. The summed E-state index contributed by atoms with van der Waals surface area (Å²) in [7, 11) is 2.79. The molecule has 0 saturated carbocycles. The van der Waals surface area contributed by atoms with Gasteiger partial charge in [-0.05, 0) is 57.9 Å². The van der Waals surface area contributed by atoms with Crippen LogP contribution in [0.15, 0.2) is 59.4 Å². The maximum Gasteiger partial charge on any atom is 0.341 e. The van der Waals surface area contributed by atoms with Gasteiger partial charge in [0.05, 0.1) is 26.1 Å². The molecule has 0 radical (unpaired) electrons. The van der Waals surface area contributed by atoms with E-state index in [2.05, 4.69) is 0 Å². The van der Waals surface area contributed by atoms with Crippen LogP contribution in [0.2, 0.25) is 0 Å². The fourth-order valence-electron chi connectivity index (χ4n) is 3.05. The monoisotopic (exact) mass is 456 g/mol. The number of esters is 2. The first-order chi connectivity index (χ1) is 15.6. The highest BCUT2D eigenvalue weighted by atomic mass is 16.6. The molecule has 0 aromatic heterocycles. The third-order valence-electron chi connectivity index (χ3n) is 4.87. The lowest BCUT2D eigenvalue weighted by atomic mass is 10.0. The normalized spacial score (nSPS) is 17.7. The second kappa shape index (κ2) is 11.4. The first-order valence-corrected chi connectivity index (χ1v) is 10.6. The Bertz CT molecular complexity index is 992. The fourth-order valence-corrected chi connectivity index (χ4v) is 3.05. The van der Waals surface area contributed by atoms with Crippen molar-refractivity contribution in [2.24, 2.45) is 0 Å². The number of rotatable bonds is 7. The van der Waals surface area contributed by atoms with Crippen LogP contribution < -0.4 is 9.47 Å². The molecule has 0 amide bonds. The van der Waals surface area contributed by atoms with Gasteiger partial charge < -0.3 is 23.7 Å². The highest BCUT2D eigenvalue weighted by molar-refractivity contribution is 5.93. The Labute approximate surface area is 195 Å². The van der Waals surface area contributed by atoms with Gasteiger partial charge in [-0.25, -0.2) is 9.59 Å². The van der Waals surface area contributed by atoms with E-state index in [1.165, 1.54) is 26.6 Å². The average Bonchev–Trinajstić information content (AvgIpc) is 2.86. The van der Waals surface area contributed by atoms with Gasteiger partial charge in [0.15, 0.2) is 17.6 Å². The summed E-state index contributed by atoms with van der Waals surface area (Å²) in [4.78, 5) is 24.0. The van der Waals surface area contributed by atoms with Crippen molar-refractivity contribution in [1.29, 1.82) is 0 Å². The summed E-state index contributed by atoms with van der Waals surface area (Å²) in [5.41, 5.74) is 1.95. The van der Waals surface area contributed by atoms with Crippen LogP contribution in [0.4, 0.5) is 0 Å². The molecule has 0 fully saturated rings. The van der Waals surface area contributed by atoms with Crippen molar-refractivity contribution in [3.63, 3.8) is 0 Å². The maximum atomic E-state index is 12.1. The summed E-state index contributed by atoms with van der Waals surface area (Å²) in [6.07, 6.45) is 7.69. The average molecular weight is 457 g/mol. The molecule has 1 atom stereocenters. The second-order valence-electron chi connectivity index (χ2n) is 8.34. The van der Waals surface area contributed by atoms with Crippen LogP contribution in [0.1, 0.15) is 40.2 Å². The predicted octanol–water partition coefficient (Wildman–Crippen LogP) is 4.78. The van der Waals surface area contributed by atoms with Crippen LogP contribution in [-0.2, 0) is 23.8 Å². The van der Waals surface area contributed by atoms with E-state index in [1.807, 2.05) is 58.0 Å². The molecule has 0 unspecified atom stereocenters. The minimum absolute atomic E-state index is 0.182. The summed E-state index contributed by atoms with van der Waals surface area (Å²) in [6.45, 7) is 9.35. The van der Waals surface area contributed by atoms with E-state index in [4.69, 9.17) is 23.7 Å². The molecular weight excluding hydrogens is 424 g/mol. The van der Waals surface area contributed by atoms with Crippen LogP contribution >= 0.6 is 0 Å². The van der Waals surface area contributed by atoms with E-state index in [-0.39, 0.29) is 6.61 Å². The van der Waals surface area contributed by atoms with E-state index in [9.17, 15) is 9.59 Å². The smallest absolute Gasteiger partial charge is 0.341 e. The molecule has 0 spiro atoms. The van der Waals surface area contributed by atoms with Crippen LogP contribution in [-0.4, -0.2) is 44.5 Å². The number of ether oxygens (including phenoxy) is 5. The molecular formula is C26H32O7. The van der Waals surface area contributed by atoms with Gasteiger partial charge in [0.25, 0.3) is 0 Å². The number of allylic oxidation sites excluding steroid dienone is 3. The highest BCUT2D eigenvalue weighted by Crippen LogP contribution is 2.36. The second-order valence-corrected chi connectivity index (χ2v) is 8.34. The van der Waals surface area contributed by atoms with Crippen molar-refractivity contribution in [3.05, 3.63) is 65.0 Å². The molecule has 178 valence electrons. The Morgan fingerprint density at radius 3 is 2.48 bits per heavy atom. The first kappa shape index (κ1) is 25.8. The number of hydrogen-bond donors (Lipinski definition) is 0. The van der Waals surface area contributed by atoms with Gasteiger partial charge in [0.2, 0.25) is 0 Å². The van der Waals surface area contributed by atoms with Gasteiger partial charge in [0, 0.05) is 6.08 Å². The van der Waals surface area contributed by atoms with Crippen LogP contribution in [0.5, 0.6) is 11.5 Å². The molecule has 0 N–H and O–H groups in total. The zero-order valence-corrected chi connectivity index (χ0v) is 20.3. The molecule has 1 aliphatic rings. The molecule has 0 bridgehead atoms. The van der Waals surface area contributed by atoms with Gasteiger partial charge in [-0.1, -0.05) is 29.9 Å². The summed E-state index contributed by atoms with van der Waals surface area (Å²) < 4.78 is 27.4. The van der Waals surface area contributed by atoms with Crippen molar-refractivity contribution in [2.75, 3.05) is 20.8 Å². The molecule has 0 saturated heterocycles. The predicted molar refractivity (Wildman–Crippen MR) is 126 cm³/mol. The molecule has 33 heavy (non-hydrogen) atoms. The van der Waals surface area contributed by atoms with Gasteiger partial charge in [-0.3, -0.25) is 0 Å². The quantitative estimate of drug-likeness (QED) is 0.253. The van der Waals surface area contributed by atoms with Crippen molar-refractivity contribution in [2.45, 2.75) is 46.3 Å². The zero-order chi connectivity index (χ0) is 24.6. The first-order valence-electron chi connectivity index (χ1n) is 10.6. The van der Waals surface area contributed by atoms with Crippen molar-refractivity contribution < 1.29 is 33.3 Å². The largest absolute Gasteiger partial charge is 0.503 e. The molecule has 1 aromatic rings. The van der Waals surface area contributed by atoms with E-state index >= 15 is 0 Å². The third kappa shape index (κ3) is 7.27. The summed E-state index contributed by atoms with van der Waals surface area (Å²) in [6, 6.07) is 5.55. The van der Waals surface area contributed by atoms with Crippen LogP contribution in [0, 0.1) is 0 Å². The molecule has 7 heteroatoms. The Hall–Kier alpha value is -3.48. The van der Waals surface area contributed by atoms with E-state index in [1.54, 1.807) is 13.0 Å². The minimum Gasteiger partial charge on any atom is -0.503 e. The zero-order valence-electron chi connectivity index (χ0n) is 20.3. The minimum atomic E-state index is -0.796. The molecule has 1 aromatic carbocycles. The van der Waals surface area contributed by atoms with Crippen molar-refractivity contribution >= 4 is 18.0 Å². The van der Waals surface area contributed by atoms with Gasteiger partial charge in [0.1, 0.15) is 12.2 Å². The number of hydrogen-bond acceptors (Lipinski definition) is 7. The lowest BCUT2D eigenvalue weighted by Crippen LogP contribution is -2.46. The van der Waals surface area contributed by atoms with Crippen LogP contribution in [0.25, 0.3) is 6.08 Å². The SMILES string of the molecule is CO\C=C(C(=O)OC)/C(C)=C\C=C\c1ccc2c(c1)OC(C)(C)[C@H](OC(=O)C=C(C)C)CO2. The molecule has 1 heterocycles. The van der Waals surface area contributed by atoms with Gasteiger partial charge in [-0.15, -0.1) is 0 Å². The highest BCUT2D eigenvalue weighted by Gasteiger charge is 2.38. The summed E-state index contributed by atoms with van der Waals surface area (Å²) >= 11 is 0. The van der Waals surface area contributed by atoms with Crippen molar-refractivity contribution in [1.82, 2.24) is 0 Å². The number of carbonyl (C=O) groups is 2. The Morgan fingerprint density at radius 1 is 1.12 bits per heavy atom. The Kier molecular flexibility index (Phi) is 8.91. The van der Waals surface area contributed by atoms with Gasteiger partial charge in [-0.2, -0.15) is 0 Å². The lowest BCUT2D eigenvalue weighted by Gasteiger charge is -2.31. The van der Waals surface area contributed by atoms with Gasteiger partial charge >= 0.3 is 11.9 Å². The van der Waals surface area contributed by atoms with Crippen molar-refractivity contribution in [3.8, 4) is 11.5 Å². The Morgan fingerprint density at radius 2 is 1.85 bits per heavy atom.